The van der Waals surface area contributed by atoms with Crippen LogP contribution in [0, 0.1) is 11.8 Å². The van der Waals surface area contributed by atoms with Crippen molar-refractivity contribution in [3.05, 3.63) is 0 Å². The van der Waals surface area contributed by atoms with Crippen molar-refractivity contribution >= 4 is 5.97 Å². The molecule has 3 heteroatoms. The van der Waals surface area contributed by atoms with Crippen molar-refractivity contribution in [1.29, 1.82) is 0 Å². The lowest BCUT2D eigenvalue weighted by Crippen LogP contribution is -2.13. The Bertz CT molecular complexity index is 202. The van der Waals surface area contributed by atoms with E-state index in [-0.39, 0.29) is 12.3 Å². The van der Waals surface area contributed by atoms with Gasteiger partial charge in [0.2, 0.25) is 6.29 Å². The van der Waals surface area contributed by atoms with Gasteiger partial charge in [-0.25, -0.2) is 0 Å². The maximum absolute atomic E-state index is 10.3. The van der Waals surface area contributed by atoms with Crippen molar-refractivity contribution in [1.82, 2.24) is 0 Å². The number of carbonyl (C=O) groups excluding carboxylic acids is 1. The molecule has 0 spiro atoms. The van der Waals surface area contributed by atoms with E-state index >= 15 is 0 Å². The monoisotopic (exact) mass is 258 g/mol. The fourth-order valence-corrected chi connectivity index (χ4v) is 1.85. The standard InChI is InChI=1S/C9H20.C6H10O3/c1-5-8(3)7-9(4)6-2;1-5(7)9-6-3-2-4-8-6/h8-9H,5-7H2,1-4H3;6H,2-4H2,1H3. The molecule has 0 N–H and O–H groups in total. The van der Waals surface area contributed by atoms with E-state index in [0.29, 0.717) is 0 Å². The van der Waals surface area contributed by atoms with Crippen LogP contribution in [0.3, 0.4) is 0 Å². The molecular weight excluding hydrogens is 228 g/mol. The minimum absolute atomic E-state index is 0.262. The maximum atomic E-state index is 10.3. The zero-order valence-electron chi connectivity index (χ0n) is 12.7. The Hall–Kier alpha value is -0.570. The Kier molecular flexibility index (Phi) is 10.0. The van der Waals surface area contributed by atoms with Gasteiger partial charge in [-0.15, -0.1) is 0 Å². The van der Waals surface area contributed by atoms with Crippen LogP contribution in [0.4, 0.5) is 0 Å². The van der Waals surface area contributed by atoms with Gasteiger partial charge >= 0.3 is 5.97 Å². The molecule has 0 aromatic heterocycles. The predicted molar refractivity (Wildman–Crippen MR) is 74.3 cm³/mol. The quantitative estimate of drug-likeness (QED) is 0.695. The summed E-state index contributed by atoms with van der Waals surface area (Å²) in [5.74, 6) is 1.60. The lowest BCUT2D eigenvalue weighted by Gasteiger charge is -2.12. The molecule has 18 heavy (non-hydrogen) atoms. The van der Waals surface area contributed by atoms with Gasteiger partial charge in [-0.05, 0) is 24.7 Å². The molecule has 108 valence electrons. The molecule has 0 aliphatic carbocycles. The second-order valence-corrected chi connectivity index (χ2v) is 5.31. The second kappa shape index (κ2) is 10.4. The van der Waals surface area contributed by atoms with E-state index in [1.807, 2.05) is 0 Å². The van der Waals surface area contributed by atoms with Crippen molar-refractivity contribution in [2.75, 3.05) is 6.61 Å². The number of rotatable bonds is 5. The van der Waals surface area contributed by atoms with Gasteiger partial charge in [0.25, 0.3) is 0 Å². The molecule has 0 aromatic carbocycles. The first-order valence-electron chi connectivity index (χ1n) is 7.28. The Morgan fingerprint density at radius 2 is 1.83 bits per heavy atom. The second-order valence-electron chi connectivity index (χ2n) is 5.31. The van der Waals surface area contributed by atoms with Crippen LogP contribution in [0.5, 0.6) is 0 Å². The number of carbonyl (C=O) groups is 1. The van der Waals surface area contributed by atoms with Gasteiger partial charge in [0, 0.05) is 13.3 Å². The third-order valence-electron chi connectivity index (χ3n) is 3.38. The highest BCUT2D eigenvalue weighted by molar-refractivity contribution is 5.66. The van der Waals surface area contributed by atoms with Crippen molar-refractivity contribution < 1.29 is 14.3 Å². The smallest absolute Gasteiger partial charge is 0.304 e. The zero-order chi connectivity index (χ0) is 14.0. The first-order chi connectivity index (χ1) is 8.49. The summed E-state index contributed by atoms with van der Waals surface area (Å²) in [6, 6.07) is 0. The Morgan fingerprint density at radius 3 is 2.17 bits per heavy atom. The predicted octanol–water partition coefficient (Wildman–Crippen LogP) is 4.15. The summed E-state index contributed by atoms with van der Waals surface area (Å²) in [7, 11) is 0. The Balaban J connectivity index is 0.000000321. The van der Waals surface area contributed by atoms with Crippen molar-refractivity contribution in [2.45, 2.75) is 73.0 Å². The number of esters is 1. The highest BCUT2D eigenvalue weighted by Gasteiger charge is 2.17. The highest BCUT2D eigenvalue weighted by atomic mass is 16.7. The van der Waals surface area contributed by atoms with E-state index < -0.39 is 0 Å². The van der Waals surface area contributed by atoms with Crippen LogP contribution >= 0.6 is 0 Å². The van der Waals surface area contributed by atoms with Gasteiger partial charge < -0.3 is 9.47 Å². The molecule has 0 radical (unpaired) electrons. The SMILES string of the molecule is CC(=O)OC1CCCO1.CCC(C)CC(C)CC. The number of hydrogen-bond acceptors (Lipinski definition) is 3. The first kappa shape index (κ1) is 17.4. The minimum atomic E-state index is -0.262. The third-order valence-corrected chi connectivity index (χ3v) is 3.38. The molecule has 3 unspecified atom stereocenters. The van der Waals surface area contributed by atoms with E-state index in [0.717, 1.165) is 31.3 Å². The van der Waals surface area contributed by atoms with Crippen molar-refractivity contribution in [2.24, 2.45) is 11.8 Å². The molecule has 1 saturated heterocycles. The van der Waals surface area contributed by atoms with Gasteiger partial charge in [-0.1, -0.05) is 40.5 Å². The molecule has 1 fully saturated rings. The molecule has 3 nitrogen and oxygen atoms in total. The Morgan fingerprint density at radius 1 is 1.28 bits per heavy atom. The molecule has 3 atom stereocenters. The fourth-order valence-electron chi connectivity index (χ4n) is 1.85. The zero-order valence-corrected chi connectivity index (χ0v) is 12.7. The molecule has 0 amide bonds. The van der Waals surface area contributed by atoms with Gasteiger partial charge in [0.15, 0.2) is 0 Å². The van der Waals surface area contributed by atoms with Crippen molar-refractivity contribution in [3.8, 4) is 0 Å². The van der Waals surface area contributed by atoms with Crippen LogP contribution in [0.2, 0.25) is 0 Å². The lowest BCUT2D eigenvalue weighted by atomic mass is 9.94. The van der Waals surface area contributed by atoms with Crippen LogP contribution < -0.4 is 0 Å². The minimum Gasteiger partial charge on any atom is -0.436 e. The highest BCUT2D eigenvalue weighted by Crippen LogP contribution is 2.16. The summed E-state index contributed by atoms with van der Waals surface area (Å²) in [5, 5.41) is 0. The topological polar surface area (TPSA) is 35.5 Å². The molecule has 1 aliphatic rings. The summed E-state index contributed by atoms with van der Waals surface area (Å²) in [6.45, 7) is 11.3. The van der Waals surface area contributed by atoms with Crippen LogP contribution in [-0.2, 0) is 14.3 Å². The maximum Gasteiger partial charge on any atom is 0.304 e. The molecule has 1 rings (SSSR count). The molecule has 1 heterocycles. The molecule has 0 aromatic rings. The van der Waals surface area contributed by atoms with Crippen LogP contribution in [-0.4, -0.2) is 18.9 Å². The fraction of sp³-hybridized carbons (Fsp3) is 0.933. The van der Waals surface area contributed by atoms with Crippen LogP contribution in [0.1, 0.15) is 66.7 Å². The van der Waals surface area contributed by atoms with E-state index in [9.17, 15) is 4.79 Å². The molecular formula is C15H30O3. The van der Waals surface area contributed by atoms with Gasteiger partial charge in [-0.3, -0.25) is 4.79 Å². The van der Waals surface area contributed by atoms with Gasteiger partial charge in [0.1, 0.15) is 0 Å². The number of hydrogen-bond donors (Lipinski definition) is 0. The average Bonchev–Trinajstić information content (AvgIpc) is 2.81. The number of ether oxygens (including phenoxy) is 2. The van der Waals surface area contributed by atoms with Gasteiger partial charge in [-0.2, -0.15) is 0 Å². The molecule has 0 bridgehead atoms. The van der Waals surface area contributed by atoms with E-state index in [1.54, 1.807) is 0 Å². The largest absolute Gasteiger partial charge is 0.436 e. The lowest BCUT2D eigenvalue weighted by molar-refractivity contribution is -0.166. The summed E-state index contributed by atoms with van der Waals surface area (Å²) in [6.07, 6.45) is 5.67. The van der Waals surface area contributed by atoms with Gasteiger partial charge in [0.05, 0.1) is 6.61 Å². The molecule has 0 saturated carbocycles. The Labute approximate surface area is 112 Å². The first-order valence-corrected chi connectivity index (χ1v) is 7.28. The summed E-state index contributed by atoms with van der Waals surface area (Å²) < 4.78 is 9.77. The van der Waals surface area contributed by atoms with E-state index in [4.69, 9.17) is 9.47 Å². The van der Waals surface area contributed by atoms with Crippen LogP contribution in [0.25, 0.3) is 0 Å². The normalized spacial score (nSPS) is 21.7. The average molecular weight is 258 g/mol. The summed E-state index contributed by atoms with van der Waals surface area (Å²) in [4.78, 5) is 10.3. The molecule has 1 aliphatic heterocycles. The summed E-state index contributed by atoms with van der Waals surface area (Å²) >= 11 is 0. The van der Waals surface area contributed by atoms with Crippen LogP contribution in [0.15, 0.2) is 0 Å². The van der Waals surface area contributed by atoms with E-state index in [2.05, 4.69) is 27.7 Å². The van der Waals surface area contributed by atoms with E-state index in [1.165, 1.54) is 26.2 Å². The third kappa shape index (κ3) is 9.46. The summed E-state index contributed by atoms with van der Waals surface area (Å²) in [5.41, 5.74) is 0. The van der Waals surface area contributed by atoms with Crippen molar-refractivity contribution in [3.63, 3.8) is 0 Å².